The first-order valence-electron chi connectivity index (χ1n) is 13.9. The highest BCUT2D eigenvalue weighted by Crippen LogP contribution is 2.42. The Kier molecular flexibility index (Phi) is 9.30. The third-order valence-corrected chi connectivity index (χ3v) is 7.47. The van der Waals surface area contributed by atoms with Crippen molar-refractivity contribution in [2.75, 3.05) is 26.3 Å². The lowest BCUT2D eigenvalue weighted by Crippen LogP contribution is -2.26. The first-order chi connectivity index (χ1) is 20.2. The summed E-state index contributed by atoms with van der Waals surface area (Å²) in [5, 5.41) is 0. The molecule has 0 saturated carbocycles. The lowest BCUT2D eigenvalue weighted by atomic mass is 9.88. The van der Waals surface area contributed by atoms with Crippen molar-refractivity contribution in [3.63, 3.8) is 0 Å². The predicted octanol–water partition coefficient (Wildman–Crippen LogP) is 8.29. The zero-order chi connectivity index (χ0) is 29.7. The highest BCUT2D eigenvalue weighted by Gasteiger charge is 2.31. The van der Waals surface area contributed by atoms with Crippen LogP contribution in [0, 0.1) is 0 Å². The second-order valence-electron chi connectivity index (χ2n) is 10.4. The van der Waals surface area contributed by atoms with Gasteiger partial charge in [0, 0.05) is 19.6 Å². The fourth-order valence-corrected chi connectivity index (χ4v) is 5.69. The Hall–Kier alpha value is -3.66. The van der Waals surface area contributed by atoms with Gasteiger partial charge in [-0.2, -0.15) is 8.78 Å². The molecule has 42 heavy (non-hydrogen) atoms. The van der Waals surface area contributed by atoms with E-state index >= 15 is 0 Å². The van der Waals surface area contributed by atoms with E-state index in [1.165, 1.54) is 18.2 Å². The monoisotopic (exact) mass is 591 g/mol. The second kappa shape index (κ2) is 13.1. The van der Waals surface area contributed by atoms with E-state index in [0.29, 0.717) is 38.0 Å². The molecule has 1 aliphatic heterocycles. The van der Waals surface area contributed by atoms with Gasteiger partial charge in [0.1, 0.15) is 23.4 Å². The minimum Gasteiger partial charge on any atom is -0.489 e. The summed E-state index contributed by atoms with van der Waals surface area (Å²) in [6.45, 7) is -0.975. The lowest BCUT2D eigenvalue weighted by Gasteiger charge is -2.19. The Bertz CT molecular complexity index is 1370. The number of nitrogens with zero attached hydrogens (tertiary/aromatic N) is 1. The van der Waals surface area contributed by atoms with Gasteiger partial charge in [0.2, 0.25) is 0 Å². The van der Waals surface area contributed by atoms with Crippen LogP contribution >= 0.6 is 0 Å². The van der Waals surface area contributed by atoms with E-state index in [0.717, 1.165) is 52.9 Å². The largest absolute Gasteiger partial charge is 0.573 e. The number of ether oxygens (including phenoxy) is 3. The van der Waals surface area contributed by atoms with Crippen LogP contribution in [0.3, 0.4) is 0 Å². The number of rotatable bonds is 10. The average molecular weight is 592 g/mol. The highest BCUT2D eigenvalue weighted by atomic mass is 19.4. The molecule has 1 aliphatic carbocycles. The van der Waals surface area contributed by atoms with Gasteiger partial charge < -0.3 is 14.2 Å². The SMILES string of the molecule is FCCCN1CC[C@H](Oc2ccc(C3=C(c4ccc(OC(F)(F)F)cc4)CCCc4cc(OC(F)F)ccc43)cc2)C1. The summed E-state index contributed by atoms with van der Waals surface area (Å²) in [6.07, 6.45) is -1.49. The summed E-state index contributed by atoms with van der Waals surface area (Å²) >= 11 is 0. The summed E-state index contributed by atoms with van der Waals surface area (Å²) in [7, 11) is 0. The molecule has 5 rings (SSSR count). The van der Waals surface area contributed by atoms with Gasteiger partial charge in [-0.15, -0.1) is 13.2 Å². The van der Waals surface area contributed by atoms with Gasteiger partial charge >= 0.3 is 13.0 Å². The number of likely N-dealkylation sites (tertiary alicyclic amines) is 1. The molecule has 0 unspecified atom stereocenters. The molecule has 0 aromatic heterocycles. The molecule has 3 aromatic rings. The molecule has 3 aromatic carbocycles. The van der Waals surface area contributed by atoms with Crippen LogP contribution in [0.15, 0.2) is 66.7 Å². The van der Waals surface area contributed by atoms with Gasteiger partial charge in [0.15, 0.2) is 0 Å². The van der Waals surface area contributed by atoms with Crippen LogP contribution in [-0.4, -0.2) is 50.3 Å². The normalized spacial score (nSPS) is 17.7. The third-order valence-electron chi connectivity index (χ3n) is 7.47. The molecule has 0 spiro atoms. The first-order valence-corrected chi connectivity index (χ1v) is 13.9. The molecule has 1 fully saturated rings. The number of allylic oxidation sites excluding steroid dienone is 1. The molecular formula is C32H31F6NO3. The number of fused-ring (bicyclic) bond motifs is 1. The molecule has 224 valence electrons. The van der Waals surface area contributed by atoms with Crippen molar-refractivity contribution < 1.29 is 40.6 Å². The van der Waals surface area contributed by atoms with Crippen molar-refractivity contribution in [3.05, 3.63) is 89.0 Å². The summed E-state index contributed by atoms with van der Waals surface area (Å²) < 4.78 is 91.4. The number of hydrogen-bond donors (Lipinski definition) is 0. The Morgan fingerprint density at radius 2 is 1.55 bits per heavy atom. The molecule has 4 nitrogen and oxygen atoms in total. The molecule has 0 N–H and O–H groups in total. The van der Waals surface area contributed by atoms with Gasteiger partial charge in [-0.1, -0.05) is 30.3 Å². The van der Waals surface area contributed by atoms with Crippen LogP contribution in [0.5, 0.6) is 17.2 Å². The van der Waals surface area contributed by atoms with Gasteiger partial charge in [0.25, 0.3) is 0 Å². The Morgan fingerprint density at radius 3 is 2.24 bits per heavy atom. The molecule has 2 aliphatic rings. The van der Waals surface area contributed by atoms with E-state index in [9.17, 15) is 26.3 Å². The topological polar surface area (TPSA) is 30.9 Å². The van der Waals surface area contributed by atoms with E-state index in [1.54, 1.807) is 24.3 Å². The minimum absolute atomic E-state index is 0.00883. The fraction of sp³-hybridized carbons (Fsp3) is 0.375. The maximum atomic E-state index is 12.9. The van der Waals surface area contributed by atoms with Crippen molar-refractivity contribution in [2.24, 2.45) is 0 Å². The minimum atomic E-state index is -4.79. The van der Waals surface area contributed by atoms with E-state index in [-0.39, 0.29) is 24.3 Å². The van der Waals surface area contributed by atoms with Crippen LogP contribution in [0.1, 0.15) is 47.9 Å². The van der Waals surface area contributed by atoms with Gasteiger partial charge in [-0.05, 0) is 102 Å². The van der Waals surface area contributed by atoms with Crippen molar-refractivity contribution in [1.29, 1.82) is 0 Å². The molecule has 1 atom stereocenters. The van der Waals surface area contributed by atoms with Crippen molar-refractivity contribution in [2.45, 2.75) is 51.2 Å². The van der Waals surface area contributed by atoms with Crippen LogP contribution in [0.25, 0.3) is 11.1 Å². The van der Waals surface area contributed by atoms with Crippen LogP contribution in [0.2, 0.25) is 0 Å². The Balaban J connectivity index is 1.47. The standard InChI is InChI=1S/C32H31F6NO3/c33-16-2-17-39-18-15-27(20-39)40-24-9-7-22(8-10-24)30-28(21-5-11-25(12-6-21)42-32(36,37)38)4-1-3-23-19-26(41-31(34)35)13-14-29(23)30/h5-14,19,27,31H,1-4,15-18,20H2/t27-/m0/s1. The smallest absolute Gasteiger partial charge is 0.489 e. The van der Waals surface area contributed by atoms with Gasteiger partial charge in [-0.25, -0.2) is 0 Å². The average Bonchev–Trinajstić information content (AvgIpc) is 3.30. The van der Waals surface area contributed by atoms with Crippen LogP contribution in [0.4, 0.5) is 26.3 Å². The molecular weight excluding hydrogens is 560 g/mol. The zero-order valence-corrected chi connectivity index (χ0v) is 22.8. The number of aryl methyl sites for hydroxylation is 1. The molecule has 1 heterocycles. The van der Waals surface area contributed by atoms with E-state index < -0.39 is 13.0 Å². The molecule has 0 bridgehead atoms. The predicted molar refractivity (Wildman–Crippen MR) is 148 cm³/mol. The van der Waals surface area contributed by atoms with Gasteiger partial charge in [0.05, 0.1) is 6.67 Å². The summed E-state index contributed by atoms with van der Waals surface area (Å²) in [4.78, 5) is 2.19. The first kappa shape index (κ1) is 29.8. The van der Waals surface area contributed by atoms with E-state index in [2.05, 4.69) is 14.4 Å². The van der Waals surface area contributed by atoms with Crippen molar-refractivity contribution >= 4 is 11.1 Å². The van der Waals surface area contributed by atoms with Crippen LogP contribution in [-0.2, 0) is 6.42 Å². The highest BCUT2D eigenvalue weighted by molar-refractivity contribution is 6.00. The second-order valence-corrected chi connectivity index (χ2v) is 10.4. The van der Waals surface area contributed by atoms with E-state index in [4.69, 9.17) is 4.74 Å². The Labute approximate surface area is 240 Å². The quantitative estimate of drug-likeness (QED) is 0.222. The molecule has 1 saturated heterocycles. The van der Waals surface area contributed by atoms with Crippen molar-refractivity contribution in [1.82, 2.24) is 4.90 Å². The maximum Gasteiger partial charge on any atom is 0.573 e. The maximum absolute atomic E-state index is 12.9. The summed E-state index contributed by atoms with van der Waals surface area (Å²) in [6, 6.07) is 18.3. The number of alkyl halides is 6. The number of halogens is 6. The van der Waals surface area contributed by atoms with Crippen molar-refractivity contribution in [3.8, 4) is 17.2 Å². The zero-order valence-electron chi connectivity index (χ0n) is 22.8. The van der Waals surface area contributed by atoms with Gasteiger partial charge in [-0.3, -0.25) is 9.29 Å². The fourth-order valence-electron chi connectivity index (χ4n) is 5.69. The summed E-state index contributed by atoms with van der Waals surface area (Å²) in [5.74, 6) is 0.454. The molecule has 0 radical (unpaired) electrons. The Morgan fingerprint density at radius 1 is 0.857 bits per heavy atom. The third kappa shape index (κ3) is 7.59. The van der Waals surface area contributed by atoms with Crippen LogP contribution < -0.4 is 14.2 Å². The number of benzene rings is 3. The lowest BCUT2D eigenvalue weighted by molar-refractivity contribution is -0.274. The summed E-state index contributed by atoms with van der Waals surface area (Å²) in [5.41, 5.74) is 5.06. The molecule has 0 amide bonds. The molecule has 10 heteroatoms. The number of hydrogen-bond acceptors (Lipinski definition) is 4. The van der Waals surface area contributed by atoms with E-state index in [1.807, 2.05) is 24.3 Å².